The van der Waals surface area contributed by atoms with Crippen LogP contribution in [-0.2, 0) is 0 Å². The van der Waals surface area contributed by atoms with Gasteiger partial charge in [0.25, 0.3) is 0 Å². The van der Waals surface area contributed by atoms with Crippen molar-refractivity contribution in [2.75, 3.05) is 26.7 Å². The standard InChI is InChI=1S/C17H28N2O/c1-4-10-19-11-8-16(9-12-19)18-14(2)15-6-5-7-17(13-15)20-3/h5-7,13-14,16,18H,4,8-12H2,1-3H3/t14-/m0/s1. The van der Waals surface area contributed by atoms with Crippen molar-refractivity contribution in [3.05, 3.63) is 29.8 Å². The molecule has 1 N–H and O–H groups in total. The van der Waals surface area contributed by atoms with Gasteiger partial charge in [0.05, 0.1) is 7.11 Å². The number of methoxy groups -OCH3 is 1. The first-order chi connectivity index (χ1) is 9.72. The van der Waals surface area contributed by atoms with Gasteiger partial charge in [0, 0.05) is 12.1 Å². The summed E-state index contributed by atoms with van der Waals surface area (Å²) in [6.07, 6.45) is 3.78. The lowest BCUT2D eigenvalue weighted by atomic mass is 10.0. The highest BCUT2D eigenvalue weighted by molar-refractivity contribution is 5.30. The lowest BCUT2D eigenvalue weighted by molar-refractivity contribution is 0.192. The Morgan fingerprint density at radius 1 is 1.35 bits per heavy atom. The van der Waals surface area contributed by atoms with Gasteiger partial charge in [-0.2, -0.15) is 0 Å². The number of hydrogen-bond donors (Lipinski definition) is 1. The Morgan fingerprint density at radius 2 is 2.10 bits per heavy atom. The van der Waals surface area contributed by atoms with E-state index in [4.69, 9.17) is 4.74 Å². The Bertz CT molecular complexity index is 400. The second kappa shape index (κ2) is 7.65. The van der Waals surface area contributed by atoms with Crippen molar-refractivity contribution in [3.8, 4) is 5.75 Å². The lowest BCUT2D eigenvalue weighted by Gasteiger charge is -2.33. The highest BCUT2D eigenvalue weighted by Crippen LogP contribution is 2.21. The van der Waals surface area contributed by atoms with Gasteiger partial charge >= 0.3 is 0 Å². The van der Waals surface area contributed by atoms with Crippen molar-refractivity contribution >= 4 is 0 Å². The molecule has 112 valence electrons. The normalized spacial score (nSPS) is 18.9. The molecule has 3 heteroatoms. The Balaban J connectivity index is 1.84. The lowest BCUT2D eigenvalue weighted by Crippen LogP contribution is -2.43. The fourth-order valence-corrected chi connectivity index (χ4v) is 3.00. The van der Waals surface area contributed by atoms with Crippen LogP contribution in [-0.4, -0.2) is 37.7 Å². The molecule has 1 aromatic rings. The van der Waals surface area contributed by atoms with Crippen LogP contribution in [0.25, 0.3) is 0 Å². The average molecular weight is 276 g/mol. The topological polar surface area (TPSA) is 24.5 Å². The van der Waals surface area contributed by atoms with E-state index < -0.39 is 0 Å². The van der Waals surface area contributed by atoms with Gasteiger partial charge in [-0.1, -0.05) is 19.1 Å². The summed E-state index contributed by atoms with van der Waals surface area (Å²) in [6.45, 7) is 8.22. The third kappa shape index (κ3) is 4.22. The number of rotatable bonds is 6. The molecular formula is C17H28N2O. The van der Waals surface area contributed by atoms with Gasteiger partial charge in [-0.05, 0) is 63.5 Å². The summed E-state index contributed by atoms with van der Waals surface area (Å²) in [5, 5.41) is 3.77. The smallest absolute Gasteiger partial charge is 0.119 e. The summed E-state index contributed by atoms with van der Waals surface area (Å²) < 4.78 is 5.30. The van der Waals surface area contributed by atoms with Crippen molar-refractivity contribution in [1.29, 1.82) is 0 Å². The van der Waals surface area contributed by atoms with Crippen molar-refractivity contribution in [1.82, 2.24) is 10.2 Å². The monoisotopic (exact) mass is 276 g/mol. The number of nitrogens with one attached hydrogen (secondary N) is 1. The minimum Gasteiger partial charge on any atom is -0.497 e. The van der Waals surface area contributed by atoms with Crippen molar-refractivity contribution < 1.29 is 4.74 Å². The maximum absolute atomic E-state index is 5.30. The molecule has 1 fully saturated rings. The number of hydrogen-bond acceptors (Lipinski definition) is 3. The summed E-state index contributed by atoms with van der Waals surface area (Å²) in [5.41, 5.74) is 1.31. The first-order valence-electron chi connectivity index (χ1n) is 7.85. The zero-order chi connectivity index (χ0) is 14.4. The van der Waals surface area contributed by atoms with Crippen LogP contribution in [0.15, 0.2) is 24.3 Å². The Kier molecular flexibility index (Phi) is 5.86. The first kappa shape index (κ1) is 15.3. The van der Waals surface area contributed by atoms with Gasteiger partial charge in [-0.3, -0.25) is 0 Å². The van der Waals surface area contributed by atoms with Gasteiger partial charge in [-0.25, -0.2) is 0 Å². The van der Waals surface area contributed by atoms with Crippen LogP contribution in [0.5, 0.6) is 5.75 Å². The van der Waals surface area contributed by atoms with E-state index in [-0.39, 0.29) is 0 Å². The van der Waals surface area contributed by atoms with Crippen LogP contribution in [0.4, 0.5) is 0 Å². The molecule has 0 unspecified atom stereocenters. The summed E-state index contributed by atoms with van der Waals surface area (Å²) in [6, 6.07) is 9.39. The Hall–Kier alpha value is -1.06. The maximum atomic E-state index is 5.30. The summed E-state index contributed by atoms with van der Waals surface area (Å²) in [4.78, 5) is 2.58. The number of ether oxygens (including phenoxy) is 1. The molecular weight excluding hydrogens is 248 g/mol. The number of nitrogens with zero attached hydrogens (tertiary/aromatic N) is 1. The molecule has 1 aliphatic heterocycles. The fourth-order valence-electron chi connectivity index (χ4n) is 3.00. The van der Waals surface area contributed by atoms with E-state index in [1.165, 1.54) is 44.5 Å². The third-order valence-corrected chi connectivity index (χ3v) is 4.21. The van der Waals surface area contributed by atoms with Crippen LogP contribution >= 0.6 is 0 Å². The third-order valence-electron chi connectivity index (χ3n) is 4.21. The van der Waals surface area contributed by atoms with Gasteiger partial charge in [-0.15, -0.1) is 0 Å². The molecule has 1 atom stereocenters. The second-order valence-electron chi connectivity index (χ2n) is 5.78. The van der Waals surface area contributed by atoms with E-state index in [0.29, 0.717) is 12.1 Å². The predicted molar refractivity (Wildman–Crippen MR) is 84.3 cm³/mol. The SMILES string of the molecule is CCCN1CCC(N[C@@H](C)c2cccc(OC)c2)CC1. The van der Waals surface area contributed by atoms with Crippen LogP contribution in [0, 0.1) is 0 Å². The zero-order valence-corrected chi connectivity index (χ0v) is 13.1. The van der Waals surface area contributed by atoms with E-state index in [1.54, 1.807) is 7.11 Å². The molecule has 2 rings (SSSR count). The molecule has 3 nitrogen and oxygen atoms in total. The minimum atomic E-state index is 0.382. The minimum absolute atomic E-state index is 0.382. The van der Waals surface area contributed by atoms with Crippen LogP contribution in [0.3, 0.4) is 0 Å². The number of likely N-dealkylation sites (tertiary alicyclic amines) is 1. The van der Waals surface area contributed by atoms with E-state index in [9.17, 15) is 0 Å². The molecule has 20 heavy (non-hydrogen) atoms. The molecule has 1 aliphatic rings. The molecule has 0 aromatic heterocycles. The van der Waals surface area contributed by atoms with Crippen molar-refractivity contribution in [2.45, 2.75) is 45.2 Å². The number of piperidine rings is 1. The van der Waals surface area contributed by atoms with E-state index in [1.807, 2.05) is 6.07 Å². The quantitative estimate of drug-likeness (QED) is 0.863. The van der Waals surface area contributed by atoms with E-state index in [2.05, 4.69) is 42.3 Å². The first-order valence-corrected chi connectivity index (χ1v) is 7.85. The molecule has 0 amide bonds. The van der Waals surface area contributed by atoms with Gasteiger partial charge in [0.1, 0.15) is 5.75 Å². The van der Waals surface area contributed by atoms with E-state index >= 15 is 0 Å². The van der Waals surface area contributed by atoms with Crippen molar-refractivity contribution in [3.63, 3.8) is 0 Å². The van der Waals surface area contributed by atoms with Crippen LogP contribution < -0.4 is 10.1 Å². The molecule has 0 saturated carbocycles. The highest BCUT2D eigenvalue weighted by atomic mass is 16.5. The molecule has 1 heterocycles. The average Bonchev–Trinajstić information content (AvgIpc) is 2.49. The summed E-state index contributed by atoms with van der Waals surface area (Å²) in [5.74, 6) is 0.939. The molecule has 0 spiro atoms. The molecule has 0 aliphatic carbocycles. The van der Waals surface area contributed by atoms with Gasteiger partial charge in [0.2, 0.25) is 0 Å². The van der Waals surface area contributed by atoms with Crippen molar-refractivity contribution in [2.24, 2.45) is 0 Å². The van der Waals surface area contributed by atoms with Gasteiger partial charge < -0.3 is 15.0 Å². The largest absolute Gasteiger partial charge is 0.497 e. The maximum Gasteiger partial charge on any atom is 0.119 e. The summed E-state index contributed by atoms with van der Waals surface area (Å²) in [7, 11) is 1.72. The molecule has 1 saturated heterocycles. The molecule has 0 bridgehead atoms. The van der Waals surface area contributed by atoms with Crippen LogP contribution in [0.2, 0.25) is 0 Å². The zero-order valence-electron chi connectivity index (χ0n) is 13.1. The van der Waals surface area contributed by atoms with Crippen LogP contribution in [0.1, 0.15) is 44.7 Å². The second-order valence-corrected chi connectivity index (χ2v) is 5.78. The van der Waals surface area contributed by atoms with E-state index in [0.717, 1.165) is 5.75 Å². The summed E-state index contributed by atoms with van der Waals surface area (Å²) >= 11 is 0. The van der Waals surface area contributed by atoms with Gasteiger partial charge in [0.15, 0.2) is 0 Å². The Morgan fingerprint density at radius 3 is 2.75 bits per heavy atom. The molecule has 1 aromatic carbocycles. The fraction of sp³-hybridized carbons (Fsp3) is 0.647. The number of benzene rings is 1. The highest BCUT2D eigenvalue weighted by Gasteiger charge is 2.20. The molecule has 0 radical (unpaired) electrons. The predicted octanol–water partition coefficient (Wildman–Crippen LogP) is 3.22. The Labute approximate surface area is 123 Å².